The van der Waals surface area contributed by atoms with Crippen LogP contribution in [-0.4, -0.2) is 19.0 Å². The van der Waals surface area contributed by atoms with E-state index in [0.29, 0.717) is 24.8 Å². The number of carbonyl (C=O) groups is 2. The smallest absolute Gasteiger partial charge is 0.305 e. The van der Waals surface area contributed by atoms with Crippen LogP contribution in [0.15, 0.2) is 47.6 Å². The number of fused-ring (bicyclic) bond motifs is 1. The minimum absolute atomic E-state index is 0.106. The highest BCUT2D eigenvalue weighted by atomic mass is 16.5. The first-order valence-corrected chi connectivity index (χ1v) is 9.56. The fourth-order valence-electron chi connectivity index (χ4n) is 3.11. The summed E-state index contributed by atoms with van der Waals surface area (Å²) in [5, 5.41) is 2.93. The Morgan fingerprint density at radius 3 is 2.79 bits per heavy atom. The SMILES string of the molecule is C\C=C/C(CC)=C(C)/C=C1\C(=O)Nc2cccc(C#CCCCC(=O)OC)c21. The molecule has 0 aromatic heterocycles. The van der Waals surface area contributed by atoms with Gasteiger partial charge in [-0.05, 0) is 56.0 Å². The highest BCUT2D eigenvalue weighted by molar-refractivity contribution is 6.32. The highest BCUT2D eigenvalue weighted by Crippen LogP contribution is 2.35. The van der Waals surface area contributed by atoms with Crippen molar-refractivity contribution >= 4 is 23.1 Å². The van der Waals surface area contributed by atoms with E-state index in [1.165, 1.54) is 12.7 Å². The Labute approximate surface area is 167 Å². The first-order valence-electron chi connectivity index (χ1n) is 9.56. The molecule has 0 unspecified atom stereocenters. The molecule has 4 heteroatoms. The van der Waals surface area contributed by atoms with Gasteiger partial charge in [0.25, 0.3) is 5.91 Å². The van der Waals surface area contributed by atoms with E-state index < -0.39 is 0 Å². The predicted molar refractivity (Wildman–Crippen MR) is 114 cm³/mol. The van der Waals surface area contributed by atoms with Gasteiger partial charge in [-0.1, -0.05) is 37.0 Å². The quantitative estimate of drug-likeness (QED) is 0.249. The topological polar surface area (TPSA) is 55.4 Å². The molecule has 146 valence electrons. The van der Waals surface area contributed by atoms with Gasteiger partial charge in [-0.15, -0.1) is 0 Å². The van der Waals surface area contributed by atoms with Gasteiger partial charge in [0.05, 0.1) is 18.4 Å². The molecule has 0 atom stereocenters. The van der Waals surface area contributed by atoms with Crippen LogP contribution in [-0.2, 0) is 14.3 Å². The molecule has 0 saturated carbocycles. The lowest BCUT2D eigenvalue weighted by Gasteiger charge is -2.05. The predicted octanol–water partition coefficient (Wildman–Crippen LogP) is 5.02. The van der Waals surface area contributed by atoms with Crippen molar-refractivity contribution in [3.8, 4) is 11.8 Å². The molecule has 2 rings (SSSR count). The summed E-state index contributed by atoms with van der Waals surface area (Å²) in [5.74, 6) is 5.94. The van der Waals surface area contributed by atoms with Crippen molar-refractivity contribution in [3.63, 3.8) is 0 Å². The number of methoxy groups -OCH3 is 1. The van der Waals surface area contributed by atoms with Crippen LogP contribution in [0, 0.1) is 11.8 Å². The maximum absolute atomic E-state index is 12.6. The Morgan fingerprint density at radius 1 is 1.32 bits per heavy atom. The molecule has 1 N–H and O–H groups in total. The summed E-state index contributed by atoms with van der Waals surface area (Å²) in [4.78, 5) is 23.7. The van der Waals surface area contributed by atoms with Crippen LogP contribution in [0.5, 0.6) is 0 Å². The second kappa shape index (κ2) is 10.3. The van der Waals surface area contributed by atoms with E-state index in [0.717, 1.165) is 28.8 Å². The van der Waals surface area contributed by atoms with E-state index in [1.54, 1.807) is 0 Å². The Morgan fingerprint density at radius 2 is 2.11 bits per heavy atom. The van der Waals surface area contributed by atoms with E-state index in [1.807, 2.05) is 44.2 Å². The molecule has 0 aliphatic carbocycles. The van der Waals surface area contributed by atoms with Gasteiger partial charge in [-0.2, -0.15) is 0 Å². The number of esters is 1. The summed E-state index contributed by atoms with van der Waals surface area (Å²) >= 11 is 0. The molecule has 1 heterocycles. The first-order chi connectivity index (χ1) is 13.5. The molecule has 0 spiro atoms. The van der Waals surface area contributed by atoms with Gasteiger partial charge < -0.3 is 10.1 Å². The molecule has 0 saturated heterocycles. The molecule has 4 nitrogen and oxygen atoms in total. The summed E-state index contributed by atoms with van der Waals surface area (Å²) in [5.41, 5.74) is 5.36. The third-order valence-corrected chi connectivity index (χ3v) is 4.58. The third kappa shape index (κ3) is 5.23. The number of anilines is 1. The van der Waals surface area contributed by atoms with Gasteiger partial charge in [0.15, 0.2) is 0 Å². The van der Waals surface area contributed by atoms with Crippen molar-refractivity contribution in [3.05, 3.63) is 58.7 Å². The number of hydrogen-bond acceptors (Lipinski definition) is 3. The molecule has 1 aromatic rings. The maximum atomic E-state index is 12.6. The Kier molecular flexibility index (Phi) is 7.83. The summed E-state index contributed by atoms with van der Waals surface area (Å²) in [7, 11) is 1.38. The molecule has 0 bridgehead atoms. The van der Waals surface area contributed by atoms with Gasteiger partial charge >= 0.3 is 5.97 Å². The molecule has 28 heavy (non-hydrogen) atoms. The molecule has 0 radical (unpaired) electrons. The van der Waals surface area contributed by atoms with Crippen molar-refractivity contribution in [2.24, 2.45) is 0 Å². The average Bonchev–Trinajstić information content (AvgIpc) is 3.01. The van der Waals surface area contributed by atoms with E-state index in [4.69, 9.17) is 0 Å². The molecule has 1 aliphatic heterocycles. The van der Waals surface area contributed by atoms with Gasteiger partial charge in [-0.25, -0.2) is 0 Å². The van der Waals surface area contributed by atoms with Crippen LogP contribution in [0.25, 0.3) is 5.57 Å². The summed E-state index contributed by atoms with van der Waals surface area (Å²) < 4.78 is 4.63. The number of allylic oxidation sites excluding steroid dienone is 5. The van der Waals surface area contributed by atoms with Crippen LogP contribution in [0.3, 0.4) is 0 Å². The zero-order chi connectivity index (χ0) is 20.5. The Hall–Kier alpha value is -3.06. The average molecular weight is 377 g/mol. The number of amides is 1. The van der Waals surface area contributed by atoms with E-state index >= 15 is 0 Å². The maximum Gasteiger partial charge on any atom is 0.305 e. The standard InChI is InChI=1S/C24H27NO3/c1-5-11-18(6-2)17(3)16-20-23-19(12-8-7-9-15-22(26)28-4)13-10-14-21(23)25-24(20)27/h5,10-11,13-14,16H,6-7,9,15H2,1-4H3,(H,25,27)/b11-5-,18-17+,20-16-. The van der Waals surface area contributed by atoms with E-state index in [2.05, 4.69) is 34.9 Å². The van der Waals surface area contributed by atoms with Crippen molar-refractivity contribution in [1.82, 2.24) is 0 Å². The second-order valence-electron chi connectivity index (χ2n) is 6.53. The number of benzene rings is 1. The third-order valence-electron chi connectivity index (χ3n) is 4.58. The zero-order valence-electron chi connectivity index (χ0n) is 17.0. The second-order valence-corrected chi connectivity index (χ2v) is 6.53. The first kappa shape index (κ1) is 21.2. The molecular weight excluding hydrogens is 350 g/mol. The molecule has 1 amide bonds. The van der Waals surface area contributed by atoms with Crippen molar-refractivity contribution in [2.75, 3.05) is 12.4 Å². The highest BCUT2D eigenvalue weighted by Gasteiger charge is 2.26. The van der Waals surface area contributed by atoms with Gasteiger partial charge in [-0.3, -0.25) is 9.59 Å². The van der Waals surface area contributed by atoms with Crippen LogP contribution in [0.1, 0.15) is 57.6 Å². The monoisotopic (exact) mass is 377 g/mol. The van der Waals surface area contributed by atoms with Crippen LogP contribution in [0.4, 0.5) is 5.69 Å². The molecule has 0 fully saturated rings. The van der Waals surface area contributed by atoms with Gasteiger partial charge in [0.1, 0.15) is 0 Å². The van der Waals surface area contributed by atoms with Crippen LogP contribution >= 0.6 is 0 Å². The van der Waals surface area contributed by atoms with E-state index in [-0.39, 0.29) is 11.9 Å². The minimum atomic E-state index is -0.225. The largest absolute Gasteiger partial charge is 0.469 e. The fourth-order valence-corrected chi connectivity index (χ4v) is 3.11. The fraction of sp³-hybridized carbons (Fsp3) is 0.333. The number of hydrogen-bond donors (Lipinski definition) is 1. The lowest BCUT2D eigenvalue weighted by molar-refractivity contribution is -0.140. The summed E-state index contributed by atoms with van der Waals surface area (Å²) in [6.07, 6.45) is 8.54. The Bertz CT molecular complexity index is 908. The van der Waals surface area contributed by atoms with Crippen LogP contribution in [0.2, 0.25) is 0 Å². The lowest BCUT2D eigenvalue weighted by atomic mass is 9.97. The van der Waals surface area contributed by atoms with Crippen LogP contribution < -0.4 is 5.32 Å². The molecule has 1 aromatic carbocycles. The van der Waals surface area contributed by atoms with E-state index in [9.17, 15) is 9.59 Å². The van der Waals surface area contributed by atoms with Gasteiger partial charge in [0, 0.05) is 24.0 Å². The number of ether oxygens (including phenoxy) is 1. The minimum Gasteiger partial charge on any atom is -0.469 e. The number of rotatable bonds is 6. The van der Waals surface area contributed by atoms with Crippen molar-refractivity contribution in [2.45, 2.75) is 46.5 Å². The lowest BCUT2D eigenvalue weighted by Crippen LogP contribution is -2.04. The zero-order valence-corrected chi connectivity index (χ0v) is 17.0. The summed E-state index contributed by atoms with van der Waals surface area (Å²) in [6.45, 7) is 6.12. The van der Waals surface area contributed by atoms with Crippen molar-refractivity contribution in [1.29, 1.82) is 0 Å². The number of unbranched alkanes of at least 4 members (excludes halogenated alkanes) is 1. The number of carbonyl (C=O) groups excluding carboxylic acids is 2. The normalized spacial score (nSPS) is 15.0. The molecular formula is C24H27NO3. The Balaban J connectivity index is 2.34. The van der Waals surface area contributed by atoms with Gasteiger partial charge in [0.2, 0.25) is 0 Å². The number of nitrogens with one attached hydrogen (secondary N) is 1. The van der Waals surface area contributed by atoms with Crippen molar-refractivity contribution < 1.29 is 14.3 Å². The summed E-state index contributed by atoms with van der Waals surface area (Å²) in [6, 6.07) is 5.70. The molecule has 1 aliphatic rings.